The largest absolute Gasteiger partial charge is 0.465 e. The fourth-order valence-corrected chi connectivity index (χ4v) is 5.72. The predicted octanol–water partition coefficient (Wildman–Crippen LogP) is 2.23. The van der Waals surface area contributed by atoms with E-state index in [-0.39, 0.29) is 11.5 Å². The number of aliphatic imine (C=N–C) groups is 1. The van der Waals surface area contributed by atoms with E-state index in [0.29, 0.717) is 17.3 Å². The minimum absolute atomic E-state index is 0.107. The first kappa shape index (κ1) is 17.2. The summed E-state index contributed by atoms with van der Waals surface area (Å²) in [5.41, 5.74) is -1.33. The number of hydrogen-bond donors (Lipinski definition) is 2. The van der Waals surface area contributed by atoms with Crippen LogP contribution in [0.15, 0.2) is 27.7 Å². The van der Waals surface area contributed by atoms with Gasteiger partial charge in [-0.15, -0.1) is 0 Å². The molecular formula is C14H15BrFN3O4S. The van der Waals surface area contributed by atoms with Crippen LogP contribution >= 0.6 is 15.9 Å². The summed E-state index contributed by atoms with van der Waals surface area (Å²) < 4.78 is 40.5. The maximum absolute atomic E-state index is 14.5. The molecule has 0 bridgehead atoms. The van der Waals surface area contributed by atoms with Crippen molar-refractivity contribution < 1.29 is 22.7 Å². The lowest BCUT2D eigenvalue weighted by Crippen LogP contribution is -2.59. The molecular weight excluding hydrogens is 405 g/mol. The fourth-order valence-electron chi connectivity index (χ4n) is 3.25. The van der Waals surface area contributed by atoms with Gasteiger partial charge in [0.05, 0.1) is 0 Å². The van der Waals surface area contributed by atoms with Crippen molar-refractivity contribution in [1.29, 1.82) is 0 Å². The molecule has 0 radical (unpaired) electrons. The van der Waals surface area contributed by atoms with Crippen LogP contribution in [-0.2, 0) is 15.6 Å². The molecule has 3 rings (SSSR count). The Hall–Kier alpha value is -1.68. The number of carboxylic acid groups (broad SMARTS) is 1. The monoisotopic (exact) mass is 419 g/mol. The first-order valence-corrected chi connectivity index (χ1v) is 9.32. The third-order valence-electron chi connectivity index (χ3n) is 4.75. The smallest absolute Gasteiger partial charge is 0.411 e. The molecule has 1 aromatic carbocycles. The van der Waals surface area contributed by atoms with E-state index in [2.05, 4.69) is 20.9 Å². The third-order valence-corrected chi connectivity index (χ3v) is 7.93. The van der Waals surface area contributed by atoms with Crippen LogP contribution in [0.4, 0.5) is 9.18 Å². The Labute approximate surface area is 146 Å². The summed E-state index contributed by atoms with van der Waals surface area (Å²) in [5, 5.41) is 10.9. The molecule has 1 amide bonds. The summed E-state index contributed by atoms with van der Waals surface area (Å²) in [4.78, 5) is 15.3. The summed E-state index contributed by atoms with van der Waals surface area (Å²) in [6.07, 6.45) is -0.794. The molecule has 7 nitrogen and oxygen atoms in total. The normalized spacial score (nSPS) is 26.8. The maximum atomic E-state index is 14.5. The average molecular weight is 420 g/mol. The second-order valence-corrected chi connectivity index (χ2v) is 9.22. The molecule has 1 atom stereocenters. The van der Waals surface area contributed by atoms with E-state index in [1.54, 1.807) is 0 Å². The van der Waals surface area contributed by atoms with Gasteiger partial charge in [0, 0.05) is 17.1 Å². The highest BCUT2D eigenvalue weighted by Crippen LogP contribution is 2.60. The zero-order valence-electron chi connectivity index (χ0n) is 12.9. The molecule has 0 aromatic heterocycles. The van der Waals surface area contributed by atoms with Crippen molar-refractivity contribution in [2.24, 2.45) is 4.99 Å². The minimum atomic E-state index is -3.91. The molecule has 1 aromatic rings. The van der Waals surface area contributed by atoms with Gasteiger partial charge < -0.3 is 5.11 Å². The number of nitrogens with zero attached hydrogens (tertiary/aromatic N) is 2. The summed E-state index contributed by atoms with van der Waals surface area (Å²) in [5.74, 6) is -0.938. The Kier molecular flexibility index (Phi) is 3.69. The van der Waals surface area contributed by atoms with Gasteiger partial charge in [0.2, 0.25) is 16.0 Å². The Balaban J connectivity index is 2.29. The van der Waals surface area contributed by atoms with Gasteiger partial charge in [0.1, 0.15) is 16.1 Å². The lowest BCUT2D eigenvalue weighted by Gasteiger charge is -2.42. The lowest BCUT2D eigenvalue weighted by atomic mass is 9.86. The van der Waals surface area contributed by atoms with Crippen molar-refractivity contribution in [2.75, 3.05) is 7.05 Å². The van der Waals surface area contributed by atoms with Crippen LogP contribution in [0.5, 0.6) is 0 Å². The Morgan fingerprint density at radius 3 is 2.62 bits per heavy atom. The van der Waals surface area contributed by atoms with Crippen molar-refractivity contribution in [3.05, 3.63) is 34.1 Å². The molecule has 1 spiro atoms. The molecule has 10 heteroatoms. The van der Waals surface area contributed by atoms with Crippen molar-refractivity contribution >= 4 is 38.0 Å². The molecule has 2 aliphatic rings. The zero-order valence-corrected chi connectivity index (χ0v) is 15.3. The van der Waals surface area contributed by atoms with Crippen molar-refractivity contribution in [1.82, 2.24) is 9.62 Å². The van der Waals surface area contributed by atoms with Gasteiger partial charge in [-0.1, -0.05) is 15.9 Å². The second kappa shape index (κ2) is 5.16. The number of sulfonamides is 1. The molecule has 1 unspecified atom stereocenters. The summed E-state index contributed by atoms with van der Waals surface area (Å²) in [7, 11) is -2.68. The van der Waals surface area contributed by atoms with E-state index < -0.39 is 32.2 Å². The highest BCUT2D eigenvalue weighted by molar-refractivity contribution is 9.10. The molecule has 1 fully saturated rings. The quantitative estimate of drug-likeness (QED) is 0.728. The molecule has 1 aliphatic carbocycles. The van der Waals surface area contributed by atoms with Gasteiger partial charge >= 0.3 is 6.09 Å². The molecule has 24 heavy (non-hydrogen) atoms. The maximum Gasteiger partial charge on any atom is 0.411 e. The van der Waals surface area contributed by atoms with Gasteiger partial charge in [0.25, 0.3) is 0 Å². The van der Waals surface area contributed by atoms with Gasteiger partial charge in [-0.25, -0.2) is 26.9 Å². The lowest BCUT2D eigenvalue weighted by molar-refractivity contribution is 0.199. The Morgan fingerprint density at radius 1 is 1.46 bits per heavy atom. The number of amides is 1. The number of rotatable bonds is 1. The van der Waals surface area contributed by atoms with Crippen molar-refractivity contribution in [3.63, 3.8) is 0 Å². The number of guanidine groups is 1. The summed E-state index contributed by atoms with van der Waals surface area (Å²) >= 11 is 3.26. The number of benzene rings is 1. The SMILES string of the molecule is CN1C(NC(=O)O)=NC(C)(c2cc(Br)ccc2F)C2(CC2)S1(=O)=O. The Morgan fingerprint density at radius 2 is 2.08 bits per heavy atom. The van der Waals surface area contributed by atoms with E-state index in [9.17, 15) is 17.6 Å². The van der Waals surface area contributed by atoms with Gasteiger partial charge in [-0.2, -0.15) is 0 Å². The van der Waals surface area contributed by atoms with Gasteiger partial charge in [-0.3, -0.25) is 5.32 Å². The average Bonchev–Trinajstić information content (AvgIpc) is 3.28. The highest BCUT2D eigenvalue weighted by atomic mass is 79.9. The van der Waals surface area contributed by atoms with Crippen LogP contribution in [0.3, 0.4) is 0 Å². The standard InChI is InChI=1S/C14H15BrFN3O4S/c1-13(9-7-8(15)3-4-10(9)16)14(5-6-14)24(22,23)19(2)11(18-13)17-12(20)21/h3-4,7H,5-6H2,1-2H3,(H,17,18)(H,20,21). The predicted molar refractivity (Wildman–Crippen MR) is 88.7 cm³/mol. The number of hydrogen-bond acceptors (Lipinski definition) is 4. The third kappa shape index (κ3) is 2.16. The molecule has 2 N–H and O–H groups in total. The molecule has 0 saturated heterocycles. The van der Waals surface area contributed by atoms with Gasteiger partial charge in [-0.05, 0) is 38.0 Å². The minimum Gasteiger partial charge on any atom is -0.465 e. The topological polar surface area (TPSA) is 99.1 Å². The molecule has 1 aliphatic heterocycles. The van der Waals surface area contributed by atoms with E-state index in [1.807, 2.05) is 5.32 Å². The van der Waals surface area contributed by atoms with Crippen LogP contribution in [0.2, 0.25) is 0 Å². The second-order valence-electron chi connectivity index (χ2n) is 6.03. The van der Waals surface area contributed by atoms with Crippen LogP contribution in [0.1, 0.15) is 25.3 Å². The first-order valence-electron chi connectivity index (χ1n) is 7.09. The number of carbonyl (C=O) groups is 1. The van der Waals surface area contributed by atoms with E-state index >= 15 is 0 Å². The highest BCUT2D eigenvalue weighted by Gasteiger charge is 2.71. The van der Waals surface area contributed by atoms with Crippen LogP contribution in [0.25, 0.3) is 0 Å². The summed E-state index contributed by atoms with van der Waals surface area (Å²) in [6, 6.07) is 4.22. The first-order chi connectivity index (χ1) is 11.0. The summed E-state index contributed by atoms with van der Waals surface area (Å²) in [6.45, 7) is 1.53. The van der Waals surface area contributed by atoms with Crippen LogP contribution in [-0.4, -0.2) is 41.7 Å². The number of halogens is 2. The van der Waals surface area contributed by atoms with Crippen LogP contribution < -0.4 is 5.32 Å². The molecule has 1 saturated carbocycles. The molecule has 1 heterocycles. The van der Waals surface area contributed by atoms with Gasteiger partial charge in [0.15, 0.2) is 0 Å². The number of nitrogens with one attached hydrogen (secondary N) is 1. The van der Waals surface area contributed by atoms with Crippen molar-refractivity contribution in [2.45, 2.75) is 30.1 Å². The van der Waals surface area contributed by atoms with E-state index in [0.717, 1.165) is 4.31 Å². The fraction of sp³-hybridized carbons (Fsp3) is 0.429. The zero-order chi connectivity index (χ0) is 17.9. The Bertz CT molecular complexity index is 869. The van der Waals surface area contributed by atoms with Crippen LogP contribution in [0, 0.1) is 5.82 Å². The molecule has 130 valence electrons. The van der Waals surface area contributed by atoms with E-state index in [1.165, 1.54) is 32.2 Å². The van der Waals surface area contributed by atoms with Crippen molar-refractivity contribution in [3.8, 4) is 0 Å². The van der Waals surface area contributed by atoms with E-state index in [4.69, 9.17) is 5.11 Å².